The highest BCUT2D eigenvalue weighted by Gasteiger charge is 2.39. The van der Waals surface area contributed by atoms with E-state index in [0.29, 0.717) is 25.7 Å². The Morgan fingerprint density at radius 3 is 2.76 bits per heavy atom. The fourth-order valence-corrected chi connectivity index (χ4v) is 3.21. The standard InChI is InChI=1S/C20H32O5/c1-2-3-6-9-15(21)12-13-17-16(18(22)14-19(17)23)10-7-4-5-8-11-20(24)25/h4,7,12-13,15-17,19,21,23H,2-3,5-6,8-11,14H2,1H3,(H,24,25)/p-1/b7-4-,13-12+/t15-,16?,17?,19+/m0/s1. The first kappa shape index (κ1) is 21.6. The van der Waals surface area contributed by atoms with E-state index in [1.165, 1.54) is 0 Å². The number of carboxylic acids is 1. The van der Waals surface area contributed by atoms with Crippen LogP contribution in [-0.4, -0.2) is 34.2 Å². The molecule has 5 nitrogen and oxygen atoms in total. The summed E-state index contributed by atoms with van der Waals surface area (Å²) in [4.78, 5) is 22.4. The molecule has 2 unspecified atom stereocenters. The maximum atomic E-state index is 12.1. The van der Waals surface area contributed by atoms with Crippen LogP contribution in [0.15, 0.2) is 24.3 Å². The third-order valence-electron chi connectivity index (χ3n) is 4.70. The molecule has 1 rings (SSSR count). The number of Topliss-reactive ketones (excluding diaryl/α,β-unsaturated/α-hetero) is 1. The highest BCUT2D eigenvalue weighted by Crippen LogP contribution is 2.33. The summed E-state index contributed by atoms with van der Waals surface area (Å²) in [6.07, 6.45) is 11.8. The van der Waals surface area contributed by atoms with E-state index in [1.807, 2.05) is 12.2 Å². The van der Waals surface area contributed by atoms with Gasteiger partial charge in [-0.25, -0.2) is 0 Å². The number of aliphatic carboxylic acids is 1. The van der Waals surface area contributed by atoms with Crippen molar-refractivity contribution in [1.29, 1.82) is 0 Å². The van der Waals surface area contributed by atoms with Crippen molar-refractivity contribution in [2.24, 2.45) is 11.8 Å². The van der Waals surface area contributed by atoms with Crippen molar-refractivity contribution in [2.45, 2.75) is 76.9 Å². The predicted molar refractivity (Wildman–Crippen MR) is 94.5 cm³/mol. The Morgan fingerprint density at radius 1 is 1.32 bits per heavy atom. The van der Waals surface area contributed by atoms with Crippen molar-refractivity contribution in [3.63, 3.8) is 0 Å². The lowest BCUT2D eigenvalue weighted by Crippen LogP contribution is -2.21. The molecule has 4 atom stereocenters. The zero-order valence-corrected chi connectivity index (χ0v) is 15.1. The van der Waals surface area contributed by atoms with E-state index < -0.39 is 18.2 Å². The first-order valence-corrected chi connectivity index (χ1v) is 9.37. The molecule has 1 aliphatic carbocycles. The van der Waals surface area contributed by atoms with Gasteiger partial charge in [0.1, 0.15) is 5.78 Å². The third kappa shape index (κ3) is 8.45. The van der Waals surface area contributed by atoms with Gasteiger partial charge < -0.3 is 20.1 Å². The Labute approximate surface area is 150 Å². The minimum absolute atomic E-state index is 0.0344. The lowest BCUT2D eigenvalue weighted by molar-refractivity contribution is -0.305. The minimum Gasteiger partial charge on any atom is -0.550 e. The van der Waals surface area contributed by atoms with E-state index in [2.05, 4.69) is 6.92 Å². The van der Waals surface area contributed by atoms with Gasteiger partial charge in [0.15, 0.2) is 0 Å². The van der Waals surface area contributed by atoms with E-state index in [0.717, 1.165) is 19.3 Å². The molecule has 0 spiro atoms. The van der Waals surface area contributed by atoms with E-state index in [-0.39, 0.29) is 30.5 Å². The average Bonchev–Trinajstić information content (AvgIpc) is 2.82. The van der Waals surface area contributed by atoms with Gasteiger partial charge in [0, 0.05) is 24.2 Å². The van der Waals surface area contributed by atoms with Gasteiger partial charge in [-0.1, -0.05) is 50.5 Å². The second-order valence-electron chi connectivity index (χ2n) is 6.84. The molecule has 0 heterocycles. The number of unbranched alkanes of at least 4 members (excludes halogenated alkanes) is 3. The molecular weight excluding hydrogens is 320 g/mol. The quantitative estimate of drug-likeness (QED) is 0.413. The van der Waals surface area contributed by atoms with Crippen LogP contribution in [0, 0.1) is 11.8 Å². The van der Waals surface area contributed by atoms with Crippen LogP contribution in [0.5, 0.6) is 0 Å². The summed E-state index contributed by atoms with van der Waals surface area (Å²) >= 11 is 0. The van der Waals surface area contributed by atoms with E-state index in [4.69, 9.17) is 0 Å². The van der Waals surface area contributed by atoms with Crippen LogP contribution in [0.25, 0.3) is 0 Å². The largest absolute Gasteiger partial charge is 0.550 e. The highest BCUT2D eigenvalue weighted by molar-refractivity contribution is 5.84. The van der Waals surface area contributed by atoms with Crippen LogP contribution in [-0.2, 0) is 9.59 Å². The van der Waals surface area contributed by atoms with Gasteiger partial charge in [0.25, 0.3) is 0 Å². The Balaban J connectivity index is 2.48. The molecule has 2 N–H and O–H groups in total. The first-order chi connectivity index (χ1) is 12.0. The van der Waals surface area contributed by atoms with Crippen molar-refractivity contribution >= 4 is 11.8 Å². The van der Waals surface area contributed by atoms with Crippen molar-refractivity contribution in [2.75, 3.05) is 0 Å². The van der Waals surface area contributed by atoms with Gasteiger partial charge in [-0.15, -0.1) is 0 Å². The van der Waals surface area contributed by atoms with Gasteiger partial charge in [0.05, 0.1) is 12.2 Å². The summed E-state index contributed by atoms with van der Waals surface area (Å²) in [6, 6.07) is 0. The molecule has 0 amide bonds. The van der Waals surface area contributed by atoms with Crippen LogP contribution in [0.4, 0.5) is 0 Å². The molecule has 0 saturated heterocycles. The SMILES string of the molecule is CCCCC[C@H](O)/C=C/C1C(C/C=C\CCCC(=O)[O-])C(=O)C[C@H]1O. The van der Waals surface area contributed by atoms with Gasteiger partial charge in [0.2, 0.25) is 0 Å². The van der Waals surface area contributed by atoms with Crippen LogP contribution in [0.1, 0.15) is 64.7 Å². The maximum absolute atomic E-state index is 12.1. The van der Waals surface area contributed by atoms with Crippen molar-refractivity contribution in [3.8, 4) is 0 Å². The smallest absolute Gasteiger partial charge is 0.139 e. The number of aliphatic hydroxyl groups excluding tert-OH is 2. The molecule has 0 aromatic heterocycles. The molecule has 1 saturated carbocycles. The van der Waals surface area contributed by atoms with Crippen LogP contribution < -0.4 is 5.11 Å². The zero-order valence-electron chi connectivity index (χ0n) is 15.1. The highest BCUT2D eigenvalue weighted by atomic mass is 16.4. The predicted octanol–water partition coefficient (Wildman–Crippen LogP) is 1.92. The topological polar surface area (TPSA) is 97.7 Å². The van der Waals surface area contributed by atoms with E-state index in [1.54, 1.807) is 12.2 Å². The Hall–Kier alpha value is -1.46. The number of hydrogen-bond acceptors (Lipinski definition) is 5. The Kier molecular flexibility index (Phi) is 10.3. The molecule has 5 heteroatoms. The summed E-state index contributed by atoms with van der Waals surface area (Å²) in [6.45, 7) is 2.11. The second kappa shape index (κ2) is 12.0. The lowest BCUT2D eigenvalue weighted by atomic mass is 9.90. The number of carbonyl (C=O) groups excluding carboxylic acids is 2. The van der Waals surface area contributed by atoms with Gasteiger partial charge in [-0.3, -0.25) is 4.79 Å². The molecule has 0 aliphatic heterocycles. The number of allylic oxidation sites excluding steroid dienone is 2. The fourth-order valence-electron chi connectivity index (χ4n) is 3.21. The van der Waals surface area contributed by atoms with Crippen LogP contribution in [0.3, 0.4) is 0 Å². The summed E-state index contributed by atoms with van der Waals surface area (Å²) in [5.41, 5.74) is 0. The maximum Gasteiger partial charge on any atom is 0.139 e. The van der Waals surface area contributed by atoms with Crippen molar-refractivity contribution in [3.05, 3.63) is 24.3 Å². The zero-order chi connectivity index (χ0) is 18.7. The summed E-state index contributed by atoms with van der Waals surface area (Å²) in [7, 11) is 0. The molecular formula is C20H31O5-. The number of carbonyl (C=O) groups is 2. The van der Waals surface area contributed by atoms with E-state index >= 15 is 0 Å². The lowest BCUT2D eigenvalue weighted by Gasteiger charge is -2.16. The van der Waals surface area contributed by atoms with E-state index in [9.17, 15) is 24.9 Å². The van der Waals surface area contributed by atoms with Gasteiger partial charge in [-0.2, -0.15) is 0 Å². The van der Waals surface area contributed by atoms with Crippen molar-refractivity contribution in [1.82, 2.24) is 0 Å². The molecule has 0 aromatic carbocycles. The average molecular weight is 351 g/mol. The monoisotopic (exact) mass is 351 g/mol. The van der Waals surface area contributed by atoms with Crippen molar-refractivity contribution < 1.29 is 24.9 Å². The molecule has 0 bridgehead atoms. The fraction of sp³-hybridized carbons (Fsp3) is 0.700. The third-order valence-corrected chi connectivity index (χ3v) is 4.70. The Bertz CT molecular complexity index is 469. The first-order valence-electron chi connectivity index (χ1n) is 9.37. The molecule has 1 fully saturated rings. The second-order valence-corrected chi connectivity index (χ2v) is 6.84. The van der Waals surface area contributed by atoms with Gasteiger partial charge in [-0.05, 0) is 32.1 Å². The summed E-state index contributed by atoms with van der Waals surface area (Å²) in [5, 5.41) is 30.4. The number of aliphatic hydroxyl groups is 2. The van der Waals surface area contributed by atoms with Gasteiger partial charge >= 0.3 is 0 Å². The number of carboxylic acid groups (broad SMARTS) is 1. The number of ketones is 1. The molecule has 1 aliphatic rings. The number of rotatable bonds is 12. The van der Waals surface area contributed by atoms with Crippen LogP contribution >= 0.6 is 0 Å². The normalized spacial score (nSPS) is 25.2. The molecule has 0 radical (unpaired) electrons. The number of hydrogen-bond donors (Lipinski definition) is 2. The van der Waals surface area contributed by atoms with Crippen LogP contribution in [0.2, 0.25) is 0 Å². The molecule has 0 aromatic rings. The minimum atomic E-state index is -1.05. The molecule has 142 valence electrons. The summed E-state index contributed by atoms with van der Waals surface area (Å²) in [5.74, 6) is -1.54. The summed E-state index contributed by atoms with van der Waals surface area (Å²) < 4.78 is 0. The Morgan fingerprint density at radius 2 is 2.08 bits per heavy atom. The molecule has 25 heavy (non-hydrogen) atoms.